The van der Waals surface area contributed by atoms with E-state index in [2.05, 4.69) is 93.7 Å². The van der Waals surface area contributed by atoms with E-state index in [1.807, 2.05) is 0 Å². The van der Waals surface area contributed by atoms with Crippen LogP contribution in [0, 0.1) is 0 Å². The zero-order valence-electron chi connectivity index (χ0n) is 41.3. The molecule has 0 unspecified atom stereocenters. The molecule has 0 saturated heterocycles. The molecule has 63 heavy (non-hydrogen) atoms. The molecule has 0 aliphatic rings. The minimum atomic E-state index is -0.795. The number of allylic oxidation sites excluding steroid dienone is 12. The van der Waals surface area contributed by atoms with Crippen molar-refractivity contribution in [1.82, 2.24) is 0 Å². The smallest absolute Gasteiger partial charge is 0.306 e. The molecule has 0 fully saturated rings. The Hall–Kier alpha value is -3.15. The quantitative estimate of drug-likeness (QED) is 0.0262. The predicted octanol–water partition coefficient (Wildman–Crippen LogP) is 17.4. The van der Waals surface area contributed by atoms with Crippen LogP contribution in [0.25, 0.3) is 0 Å². The molecule has 0 saturated carbocycles. The fourth-order valence-corrected chi connectivity index (χ4v) is 7.11. The molecule has 0 radical (unpaired) electrons. The Kier molecular flexibility index (Phi) is 48.9. The minimum Gasteiger partial charge on any atom is -0.462 e. The number of esters is 3. The van der Waals surface area contributed by atoms with Gasteiger partial charge in [0.2, 0.25) is 0 Å². The summed E-state index contributed by atoms with van der Waals surface area (Å²) in [6.07, 6.45) is 64.5. The second kappa shape index (κ2) is 51.5. The van der Waals surface area contributed by atoms with Crippen molar-refractivity contribution < 1.29 is 28.6 Å². The maximum absolute atomic E-state index is 12.8. The van der Waals surface area contributed by atoms with E-state index in [1.165, 1.54) is 109 Å². The first-order valence-electron chi connectivity index (χ1n) is 26.4. The average molecular weight is 879 g/mol. The molecule has 0 aromatic rings. The highest BCUT2D eigenvalue weighted by Crippen LogP contribution is 2.13. The maximum atomic E-state index is 12.8. The van der Waals surface area contributed by atoms with E-state index in [0.717, 1.165) is 103 Å². The van der Waals surface area contributed by atoms with E-state index in [9.17, 15) is 14.4 Å². The molecule has 1 atom stereocenters. The normalized spacial score (nSPS) is 12.6. The number of unbranched alkanes of at least 4 members (excludes halogenated alkanes) is 24. The van der Waals surface area contributed by atoms with Gasteiger partial charge in [-0.2, -0.15) is 0 Å². The van der Waals surface area contributed by atoms with Crippen LogP contribution < -0.4 is 0 Å². The number of hydrogen-bond donors (Lipinski definition) is 0. The molecule has 0 N–H and O–H groups in total. The lowest BCUT2D eigenvalue weighted by molar-refractivity contribution is -0.167. The van der Waals surface area contributed by atoms with Gasteiger partial charge in [-0.05, 0) is 109 Å². The summed E-state index contributed by atoms with van der Waals surface area (Å²) < 4.78 is 16.8. The number of hydrogen-bond acceptors (Lipinski definition) is 6. The van der Waals surface area contributed by atoms with Crippen molar-refractivity contribution in [2.45, 2.75) is 258 Å². The van der Waals surface area contributed by atoms with E-state index >= 15 is 0 Å². The van der Waals surface area contributed by atoms with Crippen molar-refractivity contribution in [3.63, 3.8) is 0 Å². The van der Waals surface area contributed by atoms with E-state index < -0.39 is 6.10 Å². The first-order chi connectivity index (χ1) is 31.0. The highest BCUT2D eigenvalue weighted by Gasteiger charge is 2.19. The van der Waals surface area contributed by atoms with Crippen molar-refractivity contribution in [2.75, 3.05) is 13.2 Å². The summed E-state index contributed by atoms with van der Waals surface area (Å²) in [6, 6.07) is 0. The second-order valence-corrected chi connectivity index (χ2v) is 17.4. The summed E-state index contributed by atoms with van der Waals surface area (Å²) in [5.74, 6) is -0.942. The predicted molar refractivity (Wildman–Crippen MR) is 270 cm³/mol. The molecule has 0 aliphatic heterocycles. The van der Waals surface area contributed by atoms with Gasteiger partial charge >= 0.3 is 17.9 Å². The van der Waals surface area contributed by atoms with E-state index in [-0.39, 0.29) is 31.1 Å². The van der Waals surface area contributed by atoms with Gasteiger partial charge in [0.05, 0.1) is 0 Å². The fraction of sp³-hybridized carbons (Fsp3) is 0.737. The molecular formula is C57H98O6. The average Bonchev–Trinajstić information content (AvgIpc) is 3.28. The highest BCUT2D eigenvalue weighted by molar-refractivity contribution is 5.71. The lowest BCUT2D eigenvalue weighted by Crippen LogP contribution is -2.30. The molecule has 0 bridgehead atoms. The number of ether oxygens (including phenoxy) is 3. The fourth-order valence-electron chi connectivity index (χ4n) is 7.11. The first kappa shape index (κ1) is 59.9. The van der Waals surface area contributed by atoms with Gasteiger partial charge in [0.15, 0.2) is 6.10 Å². The molecule has 362 valence electrons. The summed E-state index contributed by atoms with van der Waals surface area (Å²) in [5, 5.41) is 0. The largest absolute Gasteiger partial charge is 0.462 e. The van der Waals surface area contributed by atoms with Crippen molar-refractivity contribution in [2.24, 2.45) is 0 Å². The molecule has 6 heteroatoms. The van der Waals surface area contributed by atoms with E-state index in [0.29, 0.717) is 19.3 Å². The van der Waals surface area contributed by atoms with Crippen LogP contribution in [0.1, 0.15) is 252 Å². The highest BCUT2D eigenvalue weighted by atomic mass is 16.6. The lowest BCUT2D eigenvalue weighted by Gasteiger charge is -2.18. The summed E-state index contributed by atoms with van der Waals surface area (Å²) in [5.41, 5.74) is 0. The maximum Gasteiger partial charge on any atom is 0.306 e. The molecular weight excluding hydrogens is 781 g/mol. The van der Waals surface area contributed by atoms with Crippen molar-refractivity contribution in [3.05, 3.63) is 72.9 Å². The third kappa shape index (κ3) is 49.7. The van der Waals surface area contributed by atoms with Crippen LogP contribution in [0.3, 0.4) is 0 Å². The standard InChI is InChI=1S/C57H98O6/c1-4-7-10-13-16-19-22-24-26-27-28-29-31-33-36-38-41-44-47-50-56(59)62-53-54(63-57(60)51-48-45-42-39-34-21-18-15-12-9-6-3)52-61-55(58)49-46-43-40-37-35-32-30-25-23-20-17-14-11-8-5-2/h15-16,18-19,24-26,28-30,33,36,54H,4-14,17,20-23,27,31-32,34-35,37-53H2,1-3H3/b18-15-,19-16-,26-24-,29-28-,30-25-,36-33-/t54-/m0/s1. The SMILES string of the molecule is CCCC/C=C\CCCCCCCC(=O)O[C@H](COC(=O)CCCCC/C=C\C/C=C\C/C=C\C/C=C\CCCCC)COC(=O)CCCCCCC/C=C\CCCCCCCC. The van der Waals surface area contributed by atoms with Gasteiger partial charge in [-0.3, -0.25) is 14.4 Å². The Balaban J connectivity index is 4.42. The topological polar surface area (TPSA) is 78.9 Å². The molecule has 0 aliphatic carbocycles. The lowest BCUT2D eigenvalue weighted by atomic mass is 10.1. The number of carbonyl (C=O) groups is 3. The Morgan fingerprint density at radius 1 is 0.317 bits per heavy atom. The Labute approximate surface area is 389 Å². The first-order valence-corrected chi connectivity index (χ1v) is 26.4. The summed E-state index contributed by atoms with van der Waals surface area (Å²) >= 11 is 0. The number of carbonyl (C=O) groups excluding carboxylic acids is 3. The Bertz CT molecular complexity index is 1190. The van der Waals surface area contributed by atoms with Crippen LogP contribution in [0.15, 0.2) is 72.9 Å². The van der Waals surface area contributed by atoms with Crippen molar-refractivity contribution >= 4 is 17.9 Å². The Morgan fingerprint density at radius 2 is 0.587 bits per heavy atom. The van der Waals surface area contributed by atoms with Gasteiger partial charge in [-0.25, -0.2) is 0 Å². The third-order valence-corrected chi connectivity index (χ3v) is 11.2. The molecule has 6 nitrogen and oxygen atoms in total. The molecule has 0 heterocycles. The zero-order chi connectivity index (χ0) is 45.8. The number of rotatable bonds is 47. The minimum absolute atomic E-state index is 0.0935. The van der Waals surface area contributed by atoms with Crippen LogP contribution in [0.2, 0.25) is 0 Å². The van der Waals surface area contributed by atoms with Gasteiger partial charge in [-0.15, -0.1) is 0 Å². The van der Waals surface area contributed by atoms with Crippen LogP contribution in [-0.2, 0) is 28.6 Å². The van der Waals surface area contributed by atoms with Gasteiger partial charge in [0.1, 0.15) is 13.2 Å². The summed E-state index contributed by atoms with van der Waals surface area (Å²) in [6.45, 7) is 6.52. The second-order valence-electron chi connectivity index (χ2n) is 17.4. The zero-order valence-corrected chi connectivity index (χ0v) is 41.3. The molecule has 0 aromatic heterocycles. The van der Waals surface area contributed by atoms with E-state index in [4.69, 9.17) is 14.2 Å². The van der Waals surface area contributed by atoms with Crippen LogP contribution in [0.5, 0.6) is 0 Å². The third-order valence-electron chi connectivity index (χ3n) is 11.2. The van der Waals surface area contributed by atoms with E-state index in [1.54, 1.807) is 0 Å². The monoisotopic (exact) mass is 879 g/mol. The molecule has 0 rings (SSSR count). The van der Waals surface area contributed by atoms with Gasteiger partial charge in [0, 0.05) is 19.3 Å². The van der Waals surface area contributed by atoms with Crippen LogP contribution in [0.4, 0.5) is 0 Å². The van der Waals surface area contributed by atoms with Gasteiger partial charge in [0.25, 0.3) is 0 Å². The van der Waals surface area contributed by atoms with Crippen LogP contribution in [-0.4, -0.2) is 37.2 Å². The van der Waals surface area contributed by atoms with Crippen molar-refractivity contribution in [1.29, 1.82) is 0 Å². The molecule has 0 amide bonds. The Morgan fingerprint density at radius 3 is 1.00 bits per heavy atom. The van der Waals surface area contributed by atoms with Crippen molar-refractivity contribution in [3.8, 4) is 0 Å². The van der Waals surface area contributed by atoms with Gasteiger partial charge in [-0.1, -0.05) is 196 Å². The summed E-state index contributed by atoms with van der Waals surface area (Å²) in [4.78, 5) is 38.0. The molecule has 0 aromatic carbocycles. The van der Waals surface area contributed by atoms with Gasteiger partial charge < -0.3 is 14.2 Å². The summed E-state index contributed by atoms with van der Waals surface area (Å²) in [7, 11) is 0. The van der Waals surface area contributed by atoms with Crippen LogP contribution >= 0.6 is 0 Å². The molecule has 0 spiro atoms.